The van der Waals surface area contributed by atoms with Crippen molar-refractivity contribution in [2.45, 2.75) is 12.5 Å². The van der Waals surface area contributed by atoms with Crippen molar-refractivity contribution >= 4 is 0 Å². The van der Waals surface area contributed by atoms with E-state index >= 15 is 0 Å². The van der Waals surface area contributed by atoms with E-state index in [1.807, 2.05) is 0 Å². The van der Waals surface area contributed by atoms with Gasteiger partial charge in [-0.2, -0.15) is 0 Å². The minimum atomic E-state index is 0.874. The lowest BCUT2D eigenvalue weighted by molar-refractivity contribution is 0.0191. The van der Waals surface area contributed by atoms with Gasteiger partial charge in [-0.3, -0.25) is 0 Å². The average Bonchev–Trinajstić information content (AvgIpc) is 1.86. The largest absolute Gasteiger partial charge is 0.315 e. The van der Waals surface area contributed by atoms with Crippen LogP contribution in [-0.2, 0) is 0 Å². The Hall–Kier alpha value is -0.0800. The number of likely N-dealkylation sites (N-methyl/N-ethyl adjacent to an activating group) is 1. The van der Waals surface area contributed by atoms with E-state index in [2.05, 4.69) is 17.3 Å². The van der Waals surface area contributed by atoms with Gasteiger partial charge in [0, 0.05) is 19.1 Å². The molecule has 0 amide bonds. The Morgan fingerprint density at radius 1 is 1.56 bits per heavy atom. The predicted octanol–water partition coefficient (Wildman–Crippen LogP) is -0.0901. The first kappa shape index (κ1) is 5.69. The number of nitrogens with zero attached hydrogens (tertiary/aromatic N) is 1. The van der Waals surface area contributed by atoms with E-state index in [1.165, 1.54) is 26.1 Å². The van der Waals surface area contributed by atoms with Gasteiger partial charge in [0.25, 0.3) is 0 Å². The first-order valence-corrected chi connectivity index (χ1v) is 3.79. The van der Waals surface area contributed by atoms with Gasteiger partial charge in [-0.05, 0) is 25.9 Å². The smallest absolute Gasteiger partial charge is 0.0258 e. The van der Waals surface area contributed by atoms with Crippen molar-refractivity contribution in [1.29, 1.82) is 0 Å². The van der Waals surface area contributed by atoms with Crippen LogP contribution in [0, 0.1) is 5.92 Å². The second-order valence-electron chi connectivity index (χ2n) is 3.26. The highest BCUT2D eigenvalue weighted by Gasteiger charge is 2.37. The lowest BCUT2D eigenvalue weighted by Gasteiger charge is -2.49. The molecule has 2 aliphatic heterocycles. The molecule has 2 fully saturated rings. The highest BCUT2D eigenvalue weighted by Crippen LogP contribution is 2.27. The highest BCUT2D eigenvalue weighted by molar-refractivity contribution is 4.93. The molecule has 2 atom stereocenters. The van der Waals surface area contributed by atoms with E-state index in [4.69, 9.17) is 0 Å². The van der Waals surface area contributed by atoms with Crippen molar-refractivity contribution in [2.75, 3.05) is 26.7 Å². The lowest BCUT2D eigenvalue weighted by Crippen LogP contribution is -2.61. The second-order valence-corrected chi connectivity index (χ2v) is 3.26. The van der Waals surface area contributed by atoms with E-state index in [-0.39, 0.29) is 0 Å². The first-order chi connectivity index (χ1) is 4.38. The van der Waals surface area contributed by atoms with Crippen LogP contribution >= 0.6 is 0 Å². The van der Waals surface area contributed by atoms with Gasteiger partial charge in [-0.25, -0.2) is 0 Å². The van der Waals surface area contributed by atoms with Crippen LogP contribution in [0.3, 0.4) is 0 Å². The maximum absolute atomic E-state index is 3.40. The molecule has 0 radical (unpaired) electrons. The number of hydrogen-bond donors (Lipinski definition) is 1. The van der Waals surface area contributed by atoms with Gasteiger partial charge in [-0.1, -0.05) is 0 Å². The molecule has 2 saturated heterocycles. The molecule has 2 heterocycles. The third-order valence-corrected chi connectivity index (χ3v) is 2.68. The molecule has 2 heteroatoms. The van der Waals surface area contributed by atoms with Gasteiger partial charge in [0.15, 0.2) is 0 Å². The second kappa shape index (κ2) is 1.96. The number of nitrogens with one attached hydrogen (secondary N) is 1. The fourth-order valence-corrected chi connectivity index (χ4v) is 1.99. The van der Waals surface area contributed by atoms with Crippen LogP contribution in [0.25, 0.3) is 0 Å². The van der Waals surface area contributed by atoms with Crippen molar-refractivity contribution in [2.24, 2.45) is 5.92 Å². The molecular formula is C7H14N2. The summed E-state index contributed by atoms with van der Waals surface area (Å²) in [7, 11) is 2.22. The Morgan fingerprint density at radius 3 is 3.00 bits per heavy atom. The fourth-order valence-electron chi connectivity index (χ4n) is 1.99. The van der Waals surface area contributed by atoms with Crippen LogP contribution in [0.2, 0.25) is 0 Å². The van der Waals surface area contributed by atoms with Crippen LogP contribution < -0.4 is 5.32 Å². The van der Waals surface area contributed by atoms with Crippen molar-refractivity contribution in [3.8, 4) is 0 Å². The van der Waals surface area contributed by atoms with Crippen LogP contribution in [0.4, 0.5) is 0 Å². The molecule has 52 valence electrons. The summed E-state index contributed by atoms with van der Waals surface area (Å²) in [5.41, 5.74) is 0. The molecule has 0 aliphatic carbocycles. The molecule has 0 spiro atoms. The minimum absolute atomic E-state index is 0.874. The SMILES string of the molecule is CN1C[C@@H]2CCNC[C@@H]21. The van der Waals surface area contributed by atoms with Gasteiger partial charge >= 0.3 is 0 Å². The third kappa shape index (κ3) is 0.775. The molecular weight excluding hydrogens is 112 g/mol. The summed E-state index contributed by atoms with van der Waals surface area (Å²) < 4.78 is 0. The van der Waals surface area contributed by atoms with Gasteiger partial charge in [-0.15, -0.1) is 0 Å². The number of fused-ring (bicyclic) bond motifs is 1. The van der Waals surface area contributed by atoms with Gasteiger partial charge in [0.05, 0.1) is 0 Å². The molecule has 2 aliphatic rings. The van der Waals surface area contributed by atoms with E-state index in [0.29, 0.717) is 0 Å². The topological polar surface area (TPSA) is 15.3 Å². The fraction of sp³-hybridized carbons (Fsp3) is 1.00. The molecule has 9 heavy (non-hydrogen) atoms. The third-order valence-electron chi connectivity index (χ3n) is 2.68. The molecule has 0 aromatic heterocycles. The monoisotopic (exact) mass is 126 g/mol. The summed E-state index contributed by atoms with van der Waals surface area (Å²) in [6, 6.07) is 0.874. The van der Waals surface area contributed by atoms with E-state index < -0.39 is 0 Å². The van der Waals surface area contributed by atoms with Crippen molar-refractivity contribution in [3.05, 3.63) is 0 Å². The van der Waals surface area contributed by atoms with E-state index in [1.54, 1.807) is 0 Å². The normalized spacial score (nSPS) is 43.7. The van der Waals surface area contributed by atoms with Gasteiger partial charge < -0.3 is 10.2 Å². The Balaban J connectivity index is 1.94. The molecule has 0 unspecified atom stereocenters. The van der Waals surface area contributed by atoms with Crippen molar-refractivity contribution < 1.29 is 0 Å². The number of likely N-dealkylation sites (tertiary alicyclic amines) is 1. The van der Waals surface area contributed by atoms with Crippen LogP contribution in [0.5, 0.6) is 0 Å². The highest BCUT2D eigenvalue weighted by atomic mass is 15.2. The summed E-state index contributed by atoms with van der Waals surface area (Å²) in [5.74, 6) is 1.02. The molecule has 2 rings (SSSR count). The van der Waals surface area contributed by atoms with Crippen LogP contribution in [0.1, 0.15) is 6.42 Å². The zero-order valence-electron chi connectivity index (χ0n) is 5.93. The zero-order valence-corrected chi connectivity index (χ0v) is 5.93. The maximum atomic E-state index is 3.40. The molecule has 0 aromatic rings. The van der Waals surface area contributed by atoms with E-state index in [0.717, 1.165) is 12.0 Å². The quantitative estimate of drug-likeness (QED) is 0.488. The molecule has 0 aromatic carbocycles. The molecule has 1 N–H and O–H groups in total. The predicted molar refractivity (Wildman–Crippen MR) is 37.4 cm³/mol. The van der Waals surface area contributed by atoms with Gasteiger partial charge in [0.1, 0.15) is 0 Å². The summed E-state index contributed by atoms with van der Waals surface area (Å²) >= 11 is 0. The summed E-state index contributed by atoms with van der Waals surface area (Å²) in [4.78, 5) is 2.44. The van der Waals surface area contributed by atoms with Crippen molar-refractivity contribution in [3.63, 3.8) is 0 Å². The minimum Gasteiger partial charge on any atom is -0.315 e. The molecule has 0 bridgehead atoms. The lowest BCUT2D eigenvalue weighted by atomic mass is 9.84. The Morgan fingerprint density at radius 2 is 2.44 bits per heavy atom. The standard InChI is InChI=1S/C7H14N2/c1-9-5-6-2-3-8-4-7(6)9/h6-8H,2-5H2,1H3/t6-,7-/m0/s1. The van der Waals surface area contributed by atoms with E-state index in [9.17, 15) is 0 Å². The average molecular weight is 126 g/mol. The Labute approximate surface area is 56.2 Å². The molecule has 0 saturated carbocycles. The maximum Gasteiger partial charge on any atom is 0.0258 e. The van der Waals surface area contributed by atoms with Crippen molar-refractivity contribution in [1.82, 2.24) is 10.2 Å². The summed E-state index contributed by atoms with van der Waals surface area (Å²) in [6.07, 6.45) is 1.40. The summed E-state index contributed by atoms with van der Waals surface area (Å²) in [6.45, 7) is 3.81. The summed E-state index contributed by atoms with van der Waals surface area (Å²) in [5, 5.41) is 3.40. The number of rotatable bonds is 0. The zero-order chi connectivity index (χ0) is 6.27. The Kier molecular flexibility index (Phi) is 1.24. The number of hydrogen-bond acceptors (Lipinski definition) is 2. The van der Waals surface area contributed by atoms with Crippen LogP contribution in [-0.4, -0.2) is 37.6 Å². The number of piperidine rings is 1. The van der Waals surface area contributed by atoms with Crippen LogP contribution in [0.15, 0.2) is 0 Å². The molecule has 2 nitrogen and oxygen atoms in total. The Bertz CT molecular complexity index is 111. The first-order valence-electron chi connectivity index (χ1n) is 3.79. The van der Waals surface area contributed by atoms with Gasteiger partial charge in [0.2, 0.25) is 0 Å².